The van der Waals surface area contributed by atoms with Crippen LogP contribution in [-0.2, 0) is 0 Å². The monoisotopic (exact) mass is 469 g/mol. The summed E-state index contributed by atoms with van der Waals surface area (Å²) >= 11 is 4.75. The molecule has 3 rings (SSSR count). The molecule has 0 amide bonds. The van der Waals surface area contributed by atoms with Crippen molar-refractivity contribution in [1.82, 2.24) is 10.2 Å². The molecule has 5 nitrogen and oxygen atoms in total. The van der Waals surface area contributed by atoms with E-state index in [1.54, 1.807) is 7.05 Å². The summed E-state index contributed by atoms with van der Waals surface area (Å²) in [7, 11) is 1.78. The van der Waals surface area contributed by atoms with Crippen LogP contribution in [0.1, 0.15) is 71.9 Å². The molecule has 0 saturated carbocycles. The Kier molecular flexibility index (Phi) is 14.4. The Labute approximate surface area is 207 Å². The zero-order valence-electron chi connectivity index (χ0n) is 21.6. The van der Waals surface area contributed by atoms with Gasteiger partial charge in [0.05, 0.1) is 5.71 Å². The molecule has 0 radical (unpaired) electrons. The van der Waals surface area contributed by atoms with Gasteiger partial charge in [-0.25, -0.2) is 0 Å². The first-order chi connectivity index (χ1) is 16.1. The Bertz CT molecular complexity index is 874. The highest BCUT2D eigenvalue weighted by Crippen LogP contribution is 2.24. The first kappa shape index (κ1) is 28.9. The summed E-state index contributed by atoms with van der Waals surface area (Å²) in [4.78, 5) is 7.38. The van der Waals surface area contributed by atoms with E-state index >= 15 is 0 Å². The van der Waals surface area contributed by atoms with E-state index in [1.807, 2.05) is 27.0 Å². The van der Waals surface area contributed by atoms with Crippen molar-refractivity contribution in [2.24, 2.45) is 15.2 Å². The van der Waals surface area contributed by atoms with Gasteiger partial charge in [-0.3, -0.25) is 4.99 Å². The number of hydrogen-bond acceptors (Lipinski definition) is 6. The van der Waals surface area contributed by atoms with E-state index < -0.39 is 0 Å². The van der Waals surface area contributed by atoms with Gasteiger partial charge in [-0.2, -0.15) is 0 Å². The summed E-state index contributed by atoms with van der Waals surface area (Å²) in [5.74, 6) is 1.07. The number of piperazine rings is 1. The Morgan fingerprint density at radius 2 is 1.82 bits per heavy atom. The van der Waals surface area contributed by atoms with Gasteiger partial charge in [0.15, 0.2) is 0 Å². The third-order valence-electron chi connectivity index (χ3n) is 5.12. The zero-order valence-corrected chi connectivity index (χ0v) is 22.5. The molecule has 0 bridgehead atoms. The molecular formula is C27H43N5S. The van der Waals surface area contributed by atoms with Crippen molar-refractivity contribution in [2.45, 2.75) is 65.7 Å². The normalized spacial score (nSPS) is 16.5. The fourth-order valence-electron chi connectivity index (χ4n) is 3.46. The van der Waals surface area contributed by atoms with Gasteiger partial charge in [-0.1, -0.05) is 64.8 Å². The van der Waals surface area contributed by atoms with Gasteiger partial charge < -0.3 is 10.2 Å². The van der Waals surface area contributed by atoms with E-state index in [0.29, 0.717) is 0 Å². The molecule has 6 heteroatoms. The molecule has 1 fully saturated rings. The average Bonchev–Trinajstić information content (AvgIpc) is 3.07. The van der Waals surface area contributed by atoms with Gasteiger partial charge in [0, 0.05) is 56.3 Å². The molecule has 1 saturated heterocycles. The largest absolute Gasteiger partial charge is 0.356 e. The summed E-state index contributed by atoms with van der Waals surface area (Å²) in [5, 5.41) is 12.6. The quantitative estimate of drug-likeness (QED) is 0.403. The Balaban J connectivity index is 0.00000101. The molecule has 182 valence electrons. The predicted octanol–water partition coefficient (Wildman–Crippen LogP) is 6.27. The first-order valence-corrected chi connectivity index (χ1v) is 12.7. The van der Waals surface area contributed by atoms with Gasteiger partial charge in [-0.05, 0) is 36.6 Å². The van der Waals surface area contributed by atoms with Crippen LogP contribution in [0.3, 0.4) is 0 Å². The summed E-state index contributed by atoms with van der Waals surface area (Å²) in [6, 6.07) is 6.25. The number of amidine groups is 1. The first-order valence-electron chi connectivity index (χ1n) is 12.3. The molecule has 2 heterocycles. The molecule has 0 spiro atoms. The molecule has 2 aliphatic rings. The summed E-state index contributed by atoms with van der Waals surface area (Å²) in [5.41, 5.74) is 5.41. The van der Waals surface area contributed by atoms with Gasteiger partial charge in [0.25, 0.3) is 0 Å². The van der Waals surface area contributed by atoms with Crippen molar-refractivity contribution < 1.29 is 0 Å². The van der Waals surface area contributed by atoms with E-state index in [4.69, 9.17) is 12.6 Å². The number of allylic oxidation sites excluding steroid dienone is 3. The van der Waals surface area contributed by atoms with Crippen LogP contribution in [0.5, 0.6) is 0 Å². The minimum atomic E-state index is 0.860. The van der Waals surface area contributed by atoms with Crippen molar-refractivity contribution in [1.29, 1.82) is 0 Å². The fourth-order valence-corrected chi connectivity index (χ4v) is 3.79. The zero-order chi connectivity index (χ0) is 24.6. The Hall–Kier alpha value is -2.18. The molecule has 0 unspecified atom stereocenters. The number of rotatable bonds is 4. The summed E-state index contributed by atoms with van der Waals surface area (Å²) in [6.45, 7) is 16.4. The van der Waals surface area contributed by atoms with Crippen LogP contribution < -0.4 is 5.32 Å². The third kappa shape index (κ3) is 8.94. The molecule has 0 aliphatic carbocycles. The molecule has 33 heavy (non-hydrogen) atoms. The van der Waals surface area contributed by atoms with Crippen molar-refractivity contribution in [3.8, 4) is 0 Å². The van der Waals surface area contributed by atoms with Crippen molar-refractivity contribution in [2.75, 3.05) is 33.2 Å². The summed E-state index contributed by atoms with van der Waals surface area (Å²) < 4.78 is 0. The number of nitrogens with zero attached hydrogens (tertiary/aromatic N) is 4. The lowest BCUT2D eigenvalue weighted by Crippen LogP contribution is -2.46. The van der Waals surface area contributed by atoms with Gasteiger partial charge in [-0.15, -0.1) is 22.8 Å². The Morgan fingerprint density at radius 3 is 2.36 bits per heavy atom. The highest BCUT2D eigenvalue weighted by atomic mass is 32.1. The Morgan fingerprint density at radius 1 is 1.15 bits per heavy atom. The van der Waals surface area contributed by atoms with Crippen LogP contribution in [0, 0.1) is 0 Å². The van der Waals surface area contributed by atoms with Crippen LogP contribution in [-0.4, -0.2) is 55.9 Å². The number of hydrogen-bond donors (Lipinski definition) is 2. The van der Waals surface area contributed by atoms with E-state index in [1.165, 1.54) is 12.0 Å². The van der Waals surface area contributed by atoms with E-state index in [0.717, 1.165) is 72.2 Å². The molecule has 0 aromatic heterocycles. The smallest absolute Gasteiger partial charge is 0.131 e. The predicted molar refractivity (Wildman–Crippen MR) is 150 cm³/mol. The van der Waals surface area contributed by atoms with Crippen LogP contribution in [0.4, 0.5) is 0 Å². The van der Waals surface area contributed by atoms with Gasteiger partial charge in [0.1, 0.15) is 5.84 Å². The van der Waals surface area contributed by atoms with E-state index in [9.17, 15) is 0 Å². The maximum absolute atomic E-state index is 4.75. The number of thiol groups is 1. The maximum atomic E-state index is 4.75. The minimum absolute atomic E-state index is 0.860. The number of aliphatic imine (C=N–C) groups is 1. The second-order valence-electron chi connectivity index (χ2n) is 7.64. The molecule has 1 aromatic carbocycles. The van der Waals surface area contributed by atoms with E-state index in [-0.39, 0.29) is 0 Å². The summed E-state index contributed by atoms with van der Waals surface area (Å²) in [6.07, 6.45) is 9.19. The topological polar surface area (TPSA) is 52.4 Å². The minimum Gasteiger partial charge on any atom is -0.356 e. The fraction of sp³-hybridized carbons (Fsp3) is 0.519. The lowest BCUT2D eigenvalue weighted by Gasteiger charge is -2.29. The number of nitrogens with one attached hydrogen (secondary N) is 1. The van der Waals surface area contributed by atoms with Crippen LogP contribution >= 0.6 is 12.6 Å². The van der Waals surface area contributed by atoms with Gasteiger partial charge >= 0.3 is 0 Å². The third-order valence-corrected chi connectivity index (χ3v) is 5.49. The van der Waals surface area contributed by atoms with Crippen LogP contribution in [0.15, 0.2) is 56.0 Å². The molecule has 2 aliphatic heterocycles. The van der Waals surface area contributed by atoms with Crippen molar-refractivity contribution >= 4 is 36.0 Å². The second-order valence-corrected chi connectivity index (χ2v) is 8.12. The second kappa shape index (κ2) is 16.4. The van der Waals surface area contributed by atoms with Crippen LogP contribution in [0.2, 0.25) is 0 Å². The SMILES string of the molecule is C/C=C(\C=NC)c1ccc(C2=NN=C(N3CCNCC3)CC(CC)=C2)c(S)c1.CC.CCC. The standard InChI is InChI=1S/C22H29N5S.C3H8.C2H6/c1-4-16-12-20(25-26-22(13-16)27-10-8-24-9-11-27)19-7-6-18(14-21(19)28)17(5-2)15-23-3;1-3-2;1-2/h5-7,12,14-15,24,28H,4,8-11,13H2,1-3H3;3H2,1-2H3;1-2H3/b17-5+,23-15?;;. The molecular weight excluding hydrogens is 426 g/mol. The molecule has 1 N–H and O–H groups in total. The number of benzene rings is 1. The lowest BCUT2D eigenvalue weighted by molar-refractivity contribution is 0.352. The van der Waals surface area contributed by atoms with E-state index in [2.05, 4.69) is 76.5 Å². The maximum Gasteiger partial charge on any atom is 0.131 e. The van der Waals surface area contributed by atoms with Crippen molar-refractivity contribution in [3.63, 3.8) is 0 Å². The average molecular weight is 470 g/mol. The van der Waals surface area contributed by atoms with Crippen molar-refractivity contribution in [3.05, 3.63) is 47.1 Å². The highest BCUT2D eigenvalue weighted by molar-refractivity contribution is 7.80. The van der Waals surface area contributed by atoms with Crippen LogP contribution in [0.25, 0.3) is 5.57 Å². The lowest BCUT2D eigenvalue weighted by atomic mass is 10.00. The highest BCUT2D eigenvalue weighted by Gasteiger charge is 2.19. The molecule has 0 atom stereocenters. The molecule has 1 aromatic rings. The van der Waals surface area contributed by atoms with Gasteiger partial charge in [0.2, 0.25) is 0 Å².